The van der Waals surface area contributed by atoms with Crippen molar-refractivity contribution in [3.63, 3.8) is 0 Å². The summed E-state index contributed by atoms with van der Waals surface area (Å²) in [4.78, 5) is 29.5. The Morgan fingerprint density at radius 3 is 2.34 bits per heavy atom. The van der Waals surface area contributed by atoms with Gasteiger partial charge in [0.25, 0.3) is 0 Å². The minimum Gasteiger partial charge on any atom is -0.352 e. The van der Waals surface area contributed by atoms with Crippen LogP contribution in [0, 0.1) is 24.7 Å². The third-order valence-electron chi connectivity index (χ3n) is 6.65. The van der Waals surface area contributed by atoms with Gasteiger partial charge in [0.1, 0.15) is 0 Å². The summed E-state index contributed by atoms with van der Waals surface area (Å²) in [7, 11) is 0. The Labute approximate surface area is 176 Å². The van der Waals surface area contributed by atoms with Crippen LogP contribution in [0.15, 0.2) is 41.8 Å². The van der Waals surface area contributed by atoms with E-state index in [0.29, 0.717) is 30.7 Å². The van der Waals surface area contributed by atoms with Gasteiger partial charge in [0.2, 0.25) is 11.8 Å². The third-order valence-corrected chi connectivity index (χ3v) is 7.59. The van der Waals surface area contributed by atoms with Crippen LogP contribution >= 0.6 is 11.3 Å². The van der Waals surface area contributed by atoms with Crippen LogP contribution < -0.4 is 10.2 Å². The van der Waals surface area contributed by atoms with E-state index in [0.717, 1.165) is 16.1 Å². The molecule has 4 nitrogen and oxygen atoms in total. The van der Waals surface area contributed by atoms with Crippen LogP contribution in [0.1, 0.15) is 55.0 Å². The van der Waals surface area contributed by atoms with E-state index >= 15 is 0 Å². The SMILES string of the molecule is Cc1ccc(N2C(=O)CCC(C(=O)NC(C3CC3)C3CC3)C2c2cccs2)cc1. The lowest BCUT2D eigenvalue weighted by Crippen LogP contribution is -2.50. The Hall–Kier alpha value is -2.14. The van der Waals surface area contributed by atoms with Crippen molar-refractivity contribution in [2.24, 2.45) is 17.8 Å². The topological polar surface area (TPSA) is 49.4 Å². The number of piperidine rings is 1. The molecule has 152 valence electrons. The van der Waals surface area contributed by atoms with Crippen molar-refractivity contribution in [1.82, 2.24) is 5.32 Å². The van der Waals surface area contributed by atoms with Crippen molar-refractivity contribution < 1.29 is 9.59 Å². The fourth-order valence-electron chi connectivity index (χ4n) is 4.76. The highest BCUT2D eigenvalue weighted by molar-refractivity contribution is 7.10. The molecule has 1 aliphatic heterocycles. The number of anilines is 1. The highest BCUT2D eigenvalue weighted by Gasteiger charge is 2.46. The molecule has 0 spiro atoms. The van der Waals surface area contributed by atoms with Gasteiger partial charge in [-0.2, -0.15) is 0 Å². The molecule has 2 heterocycles. The molecule has 1 N–H and O–H groups in total. The average molecular weight is 409 g/mol. The lowest BCUT2D eigenvalue weighted by molar-refractivity contribution is -0.130. The lowest BCUT2D eigenvalue weighted by Gasteiger charge is -2.40. The van der Waals surface area contributed by atoms with Crippen LogP contribution in [0.4, 0.5) is 5.69 Å². The molecule has 1 aromatic carbocycles. The molecule has 2 aromatic rings. The first-order valence-corrected chi connectivity index (χ1v) is 11.7. The van der Waals surface area contributed by atoms with Gasteiger partial charge in [-0.25, -0.2) is 0 Å². The number of hydrogen-bond acceptors (Lipinski definition) is 3. The Bertz CT molecular complexity index is 872. The zero-order valence-corrected chi connectivity index (χ0v) is 17.7. The number of nitrogens with zero attached hydrogens (tertiary/aromatic N) is 1. The molecule has 2 atom stereocenters. The third kappa shape index (κ3) is 3.85. The van der Waals surface area contributed by atoms with E-state index in [1.807, 2.05) is 47.5 Å². The normalized spacial score (nSPS) is 24.8. The number of thiophene rings is 1. The summed E-state index contributed by atoms with van der Waals surface area (Å²) in [5.74, 6) is 1.39. The summed E-state index contributed by atoms with van der Waals surface area (Å²) >= 11 is 1.64. The first-order chi connectivity index (χ1) is 14.1. The van der Waals surface area contributed by atoms with Crippen LogP contribution in [0.25, 0.3) is 0 Å². The van der Waals surface area contributed by atoms with Crippen molar-refractivity contribution >= 4 is 28.8 Å². The average Bonchev–Trinajstić information content (AvgIpc) is 3.66. The molecule has 1 aromatic heterocycles. The molecule has 2 aliphatic carbocycles. The van der Waals surface area contributed by atoms with Crippen molar-refractivity contribution in [2.45, 2.75) is 57.5 Å². The number of nitrogens with one attached hydrogen (secondary N) is 1. The molecule has 0 bridgehead atoms. The standard InChI is InChI=1S/C24H28N2O2S/c1-15-4-10-18(11-5-15)26-21(27)13-12-19(23(26)20-3-2-14-29-20)24(28)25-22(16-6-7-16)17-8-9-17/h2-5,10-11,14,16-17,19,22-23H,6-9,12-13H2,1H3,(H,25,28). The zero-order chi connectivity index (χ0) is 20.0. The second kappa shape index (κ2) is 7.60. The van der Waals surface area contributed by atoms with Crippen LogP contribution in [0.2, 0.25) is 0 Å². The molecule has 29 heavy (non-hydrogen) atoms. The summed E-state index contributed by atoms with van der Waals surface area (Å²) < 4.78 is 0. The van der Waals surface area contributed by atoms with Crippen molar-refractivity contribution in [3.05, 3.63) is 52.2 Å². The predicted molar refractivity (Wildman–Crippen MR) is 116 cm³/mol. The van der Waals surface area contributed by atoms with E-state index in [4.69, 9.17) is 0 Å². The molecule has 1 saturated heterocycles. The summed E-state index contributed by atoms with van der Waals surface area (Å²) in [6.45, 7) is 2.05. The second-order valence-corrected chi connectivity index (χ2v) is 9.89. The van der Waals surface area contributed by atoms with E-state index in [-0.39, 0.29) is 23.8 Å². The van der Waals surface area contributed by atoms with E-state index in [2.05, 4.69) is 11.4 Å². The summed E-state index contributed by atoms with van der Waals surface area (Å²) in [6, 6.07) is 12.3. The summed E-state index contributed by atoms with van der Waals surface area (Å²) in [5.41, 5.74) is 2.05. The number of benzene rings is 1. The highest BCUT2D eigenvalue weighted by atomic mass is 32.1. The first kappa shape index (κ1) is 18.9. The number of amides is 2. The van der Waals surface area contributed by atoms with E-state index in [1.54, 1.807) is 11.3 Å². The van der Waals surface area contributed by atoms with Crippen LogP contribution in [-0.2, 0) is 9.59 Å². The largest absolute Gasteiger partial charge is 0.352 e. The number of carbonyl (C=O) groups is 2. The van der Waals surface area contributed by atoms with Gasteiger partial charge in [0, 0.05) is 23.0 Å². The second-order valence-electron chi connectivity index (χ2n) is 8.91. The highest BCUT2D eigenvalue weighted by Crippen LogP contribution is 2.46. The monoisotopic (exact) mass is 408 g/mol. The van der Waals surface area contributed by atoms with Crippen LogP contribution in [0.3, 0.4) is 0 Å². The van der Waals surface area contributed by atoms with Gasteiger partial charge in [-0.3, -0.25) is 9.59 Å². The summed E-state index contributed by atoms with van der Waals surface area (Å²) in [6.07, 6.45) is 6.02. The summed E-state index contributed by atoms with van der Waals surface area (Å²) in [5, 5.41) is 5.46. The molecule has 3 fully saturated rings. The minimum atomic E-state index is -0.224. The molecular weight excluding hydrogens is 380 g/mol. The molecule has 5 heteroatoms. The first-order valence-electron chi connectivity index (χ1n) is 10.8. The predicted octanol–water partition coefficient (Wildman–Crippen LogP) is 4.85. The Morgan fingerprint density at radius 2 is 1.76 bits per heavy atom. The molecule has 2 unspecified atom stereocenters. The van der Waals surface area contributed by atoms with E-state index in [1.165, 1.54) is 25.7 Å². The molecule has 5 rings (SSSR count). The molecule has 2 amide bonds. The lowest BCUT2D eigenvalue weighted by atomic mass is 9.85. The number of carbonyl (C=O) groups excluding carboxylic acids is 2. The Balaban J connectivity index is 1.46. The van der Waals surface area contributed by atoms with Gasteiger partial charge in [-0.1, -0.05) is 23.8 Å². The van der Waals surface area contributed by atoms with Crippen molar-refractivity contribution in [2.75, 3.05) is 4.90 Å². The fraction of sp³-hybridized carbons (Fsp3) is 0.500. The maximum Gasteiger partial charge on any atom is 0.227 e. The molecule has 0 radical (unpaired) electrons. The van der Waals surface area contributed by atoms with Crippen LogP contribution in [0.5, 0.6) is 0 Å². The Kier molecular flexibility index (Phi) is 4.94. The van der Waals surface area contributed by atoms with E-state index in [9.17, 15) is 9.59 Å². The zero-order valence-electron chi connectivity index (χ0n) is 16.8. The molecule has 2 saturated carbocycles. The van der Waals surface area contributed by atoms with Gasteiger partial charge in [0.15, 0.2) is 0 Å². The van der Waals surface area contributed by atoms with Crippen molar-refractivity contribution in [1.29, 1.82) is 0 Å². The van der Waals surface area contributed by atoms with E-state index < -0.39 is 0 Å². The van der Waals surface area contributed by atoms with Gasteiger partial charge in [-0.05, 0) is 74.4 Å². The smallest absolute Gasteiger partial charge is 0.227 e. The van der Waals surface area contributed by atoms with Gasteiger partial charge >= 0.3 is 0 Å². The number of aryl methyl sites for hydroxylation is 1. The maximum atomic E-state index is 13.5. The van der Waals surface area contributed by atoms with Gasteiger partial charge in [-0.15, -0.1) is 11.3 Å². The molecule has 3 aliphatic rings. The quantitative estimate of drug-likeness (QED) is 0.743. The van der Waals surface area contributed by atoms with Crippen LogP contribution in [-0.4, -0.2) is 17.9 Å². The van der Waals surface area contributed by atoms with Gasteiger partial charge < -0.3 is 10.2 Å². The minimum absolute atomic E-state index is 0.109. The van der Waals surface area contributed by atoms with Crippen molar-refractivity contribution in [3.8, 4) is 0 Å². The maximum absolute atomic E-state index is 13.5. The number of rotatable bonds is 6. The number of hydrogen-bond donors (Lipinski definition) is 1. The Morgan fingerprint density at radius 1 is 1.07 bits per heavy atom. The fourth-order valence-corrected chi connectivity index (χ4v) is 5.64. The molecular formula is C24H28N2O2S. The van der Waals surface area contributed by atoms with Gasteiger partial charge in [0.05, 0.1) is 12.0 Å².